The summed E-state index contributed by atoms with van der Waals surface area (Å²) in [6.07, 6.45) is 0. The van der Waals surface area contributed by atoms with Gasteiger partial charge in [0.25, 0.3) is 0 Å². The van der Waals surface area contributed by atoms with E-state index in [0.717, 1.165) is 12.5 Å². The third kappa shape index (κ3) is 5.36. The van der Waals surface area contributed by atoms with Gasteiger partial charge in [0.05, 0.1) is 0 Å². The zero-order valence-electron chi connectivity index (χ0n) is 9.22. The minimum Gasteiger partial charge on any atom is -0.306 e. The Morgan fingerprint density at radius 2 is 1.75 bits per heavy atom. The lowest BCUT2D eigenvalue weighted by atomic mass is 10.0. The fourth-order valence-electron chi connectivity index (χ4n) is 1.32. The lowest BCUT2D eigenvalue weighted by molar-refractivity contribution is 0.271. The monoisotopic (exact) mass is 169 g/mol. The molecule has 0 aromatic heterocycles. The molecule has 0 aliphatic carbocycles. The summed E-state index contributed by atoms with van der Waals surface area (Å²) in [5.41, 5.74) is 1.28. The van der Waals surface area contributed by atoms with Crippen LogP contribution in [0.3, 0.4) is 0 Å². The molecule has 0 spiro atoms. The first-order valence-electron chi connectivity index (χ1n) is 4.77. The highest BCUT2D eigenvalue weighted by Gasteiger charge is 2.07. The van der Waals surface area contributed by atoms with Gasteiger partial charge in [-0.15, -0.1) is 0 Å². The second-order valence-corrected chi connectivity index (χ2v) is 4.36. The Bertz CT molecular complexity index is 138. The van der Waals surface area contributed by atoms with Crippen LogP contribution >= 0.6 is 0 Å². The zero-order chi connectivity index (χ0) is 9.72. The predicted octanol–water partition coefficient (Wildman–Crippen LogP) is 2.79. The molecule has 1 atom stereocenters. The largest absolute Gasteiger partial charge is 0.306 e. The van der Waals surface area contributed by atoms with E-state index in [1.165, 1.54) is 12.1 Å². The Kier molecular flexibility index (Phi) is 5.23. The molecule has 72 valence electrons. The van der Waals surface area contributed by atoms with Crippen molar-refractivity contribution in [2.45, 2.75) is 27.7 Å². The summed E-state index contributed by atoms with van der Waals surface area (Å²) in [5, 5.41) is 0. The van der Waals surface area contributed by atoms with Crippen LogP contribution < -0.4 is 0 Å². The molecule has 0 aromatic rings. The molecule has 1 heteroatoms. The van der Waals surface area contributed by atoms with Gasteiger partial charge in [-0.25, -0.2) is 0 Å². The Labute approximate surface area is 77.5 Å². The lowest BCUT2D eigenvalue weighted by Gasteiger charge is -2.22. The van der Waals surface area contributed by atoms with Crippen LogP contribution in [0.25, 0.3) is 0 Å². The van der Waals surface area contributed by atoms with E-state index < -0.39 is 0 Å². The lowest BCUT2D eigenvalue weighted by Crippen LogP contribution is -2.28. The van der Waals surface area contributed by atoms with Gasteiger partial charge in [0, 0.05) is 13.1 Å². The summed E-state index contributed by atoms with van der Waals surface area (Å²) in [4.78, 5) is 2.38. The zero-order valence-corrected chi connectivity index (χ0v) is 9.22. The molecule has 12 heavy (non-hydrogen) atoms. The predicted molar refractivity (Wildman–Crippen MR) is 56.3 cm³/mol. The van der Waals surface area contributed by atoms with Gasteiger partial charge in [-0.05, 0) is 25.8 Å². The summed E-state index contributed by atoms with van der Waals surface area (Å²) >= 11 is 0. The number of rotatable bonds is 5. The maximum atomic E-state index is 3.96. The van der Waals surface area contributed by atoms with Crippen molar-refractivity contribution in [1.82, 2.24) is 4.90 Å². The van der Waals surface area contributed by atoms with E-state index in [4.69, 9.17) is 0 Å². The molecule has 0 rings (SSSR count). The van der Waals surface area contributed by atoms with Crippen molar-refractivity contribution in [1.29, 1.82) is 0 Å². The van der Waals surface area contributed by atoms with Crippen LogP contribution in [-0.4, -0.2) is 25.0 Å². The Morgan fingerprint density at radius 1 is 1.25 bits per heavy atom. The molecule has 0 saturated heterocycles. The van der Waals surface area contributed by atoms with Crippen molar-refractivity contribution < 1.29 is 0 Å². The van der Waals surface area contributed by atoms with Crippen molar-refractivity contribution in [2.75, 3.05) is 20.1 Å². The fourth-order valence-corrected chi connectivity index (χ4v) is 1.32. The van der Waals surface area contributed by atoms with Gasteiger partial charge in [0.2, 0.25) is 0 Å². The quantitative estimate of drug-likeness (QED) is 0.572. The molecule has 1 nitrogen and oxygen atoms in total. The molecule has 1 unspecified atom stereocenters. The summed E-state index contributed by atoms with van der Waals surface area (Å²) in [7, 11) is 2.18. The molecule has 0 radical (unpaired) electrons. The molecule has 0 fully saturated rings. The van der Waals surface area contributed by atoms with Crippen LogP contribution in [0, 0.1) is 11.8 Å². The van der Waals surface area contributed by atoms with Gasteiger partial charge in [0.15, 0.2) is 0 Å². The molecule has 0 aliphatic rings. The Balaban J connectivity index is 3.68. The minimum absolute atomic E-state index is 0.619. The van der Waals surface area contributed by atoms with E-state index >= 15 is 0 Å². The van der Waals surface area contributed by atoms with Gasteiger partial charge in [-0.2, -0.15) is 0 Å². The van der Waals surface area contributed by atoms with Crippen molar-refractivity contribution in [3.63, 3.8) is 0 Å². The highest BCUT2D eigenvalue weighted by molar-refractivity contribution is 4.94. The van der Waals surface area contributed by atoms with Crippen molar-refractivity contribution in [3.05, 3.63) is 12.2 Å². The van der Waals surface area contributed by atoms with Gasteiger partial charge >= 0.3 is 0 Å². The standard InChI is InChI=1S/C11H23N/c1-9(2)7-12(6)8-11(5)10(3)4/h9,11H,3,7-8H2,1-2,4-6H3. The van der Waals surface area contributed by atoms with Crippen LogP contribution in [-0.2, 0) is 0 Å². The molecule has 0 aromatic carbocycles. The minimum atomic E-state index is 0.619. The normalized spacial score (nSPS) is 13.9. The van der Waals surface area contributed by atoms with Gasteiger partial charge in [-0.3, -0.25) is 0 Å². The SMILES string of the molecule is C=C(C)C(C)CN(C)CC(C)C. The number of hydrogen-bond donors (Lipinski definition) is 0. The van der Waals surface area contributed by atoms with Crippen LogP contribution in [0.2, 0.25) is 0 Å². The summed E-state index contributed by atoms with van der Waals surface area (Å²) in [5.74, 6) is 1.38. The molecule has 0 bridgehead atoms. The maximum Gasteiger partial charge on any atom is 0.00412 e. The molecular weight excluding hydrogens is 146 g/mol. The summed E-state index contributed by atoms with van der Waals surface area (Å²) < 4.78 is 0. The van der Waals surface area contributed by atoms with Crippen molar-refractivity contribution in [3.8, 4) is 0 Å². The topological polar surface area (TPSA) is 3.24 Å². The van der Waals surface area contributed by atoms with Crippen molar-refractivity contribution >= 4 is 0 Å². The van der Waals surface area contributed by atoms with Gasteiger partial charge in [0.1, 0.15) is 0 Å². The first-order chi connectivity index (χ1) is 5.43. The van der Waals surface area contributed by atoms with E-state index in [2.05, 4.69) is 46.2 Å². The van der Waals surface area contributed by atoms with Gasteiger partial charge < -0.3 is 4.90 Å². The molecular formula is C11H23N. The van der Waals surface area contributed by atoms with Crippen LogP contribution in [0.1, 0.15) is 27.7 Å². The summed E-state index contributed by atoms with van der Waals surface area (Å²) in [6.45, 7) is 15.1. The van der Waals surface area contributed by atoms with E-state index in [1.807, 2.05) is 0 Å². The molecule has 0 aliphatic heterocycles. The van der Waals surface area contributed by atoms with Crippen LogP contribution in [0.4, 0.5) is 0 Å². The van der Waals surface area contributed by atoms with Crippen molar-refractivity contribution in [2.24, 2.45) is 11.8 Å². The molecule has 0 amide bonds. The van der Waals surface area contributed by atoms with E-state index in [9.17, 15) is 0 Å². The van der Waals surface area contributed by atoms with E-state index in [-0.39, 0.29) is 0 Å². The average Bonchev–Trinajstić information content (AvgIpc) is 1.84. The molecule has 0 N–H and O–H groups in total. The average molecular weight is 169 g/mol. The second-order valence-electron chi connectivity index (χ2n) is 4.36. The highest BCUT2D eigenvalue weighted by Crippen LogP contribution is 2.09. The fraction of sp³-hybridized carbons (Fsp3) is 0.818. The molecule has 0 saturated carbocycles. The number of nitrogens with zero attached hydrogens (tertiary/aromatic N) is 1. The summed E-state index contributed by atoms with van der Waals surface area (Å²) in [6, 6.07) is 0. The third-order valence-electron chi connectivity index (χ3n) is 2.10. The Hall–Kier alpha value is -0.300. The maximum absolute atomic E-state index is 3.96. The Morgan fingerprint density at radius 3 is 2.08 bits per heavy atom. The smallest absolute Gasteiger partial charge is 0.00412 e. The number of hydrogen-bond acceptors (Lipinski definition) is 1. The highest BCUT2D eigenvalue weighted by atomic mass is 15.1. The third-order valence-corrected chi connectivity index (χ3v) is 2.10. The molecule has 0 heterocycles. The van der Waals surface area contributed by atoms with Gasteiger partial charge in [-0.1, -0.05) is 32.9 Å². The van der Waals surface area contributed by atoms with Crippen LogP contribution in [0.5, 0.6) is 0 Å². The first-order valence-corrected chi connectivity index (χ1v) is 4.77. The van der Waals surface area contributed by atoms with E-state index in [1.54, 1.807) is 0 Å². The first kappa shape index (κ1) is 11.7. The second kappa shape index (κ2) is 5.36. The van der Waals surface area contributed by atoms with Crippen LogP contribution in [0.15, 0.2) is 12.2 Å². The van der Waals surface area contributed by atoms with E-state index in [0.29, 0.717) is 5.92 Å².